The lowest BCUT2D eigenvalue weighted by molar-refractivity contribution is 0.230. The molecule has 94 valence electrons. The number of amides is 2. The summed E-state index contributed by atoms with van der Waals surface area (Å²) < 4.78 is 0. The molecular weight excluding hydrogens is 236 g/mol. The minimum Gasteiger partial charge on any atom is -0.331 e. The average Bonchev–Trinajstić information content (AvgIpc) is 2.78. The number of nitrogens with zero attached hydrogens (tertiary/aromatic N) is 3. The molecule has 1 heterocycles. The van der Waals surface area contributed by atoms with Crippen LogP contribution in [0.1, 0.15) is 43.0 Å². The first-order valence-electron chi connectivity index (χ1n) is 5.98. The fraction of sp³-hybridized carbons (Fsp3) is 0.727. The van der Waals surface area contributed by atoms with Crippen LogP contribution >= 0.6 is 11.3 Å². The summed E-state index contributed by atoms with van der Waals surface area (Å²) in [5.74, 6) is 0.547. The largest absolute Gasteiger partial charge is 0.331 e. The number of aromatic nitrogens is 2. The highest BCUT2D eigenvalue weighted by molar-refractivity contribution is 7.15. The van der Waals surface area contributed by atoms with Gasteiger partial charge in [0, 0.05) is 20.0 Å². The molecular formula is C11H18N4OS. The van der Waals surface area contributed by atoms with Gasteiger partial charge in [-0.3, -0.25) is 5.32 Å². The van der Waals surface area contributed by atoms with Gasteiger partial charge >= 0.3 is 6.03 Å². The second-order valence-corrected chi connectivity index (χ2v) is 5.61. The van der Waals surface area contributed by atoms with E-state index >= 15 is 0 Å². The zero-order chi connectivity index (χ0) is 12.3. The maximum atomic E-state index is 11.5. The van der Waals surface area contributed by atoms with Crippen molar-refractivity contribution in [1.29, 1.82) is 0 Å². The Hall–Kier alpha value is -1.17. The van der Waals surface area contributed by atoms with Gasteiger partial charge in [-0.25, -0.2) is 4.79 Å². The maximum absolute atomic E-state index is 11.5. The molecule has 5 nitrogen and oxygen atoms in total. The van der Waals surface area contributed by atoms with Crippen LogP contribution < -0.4 is 5.32 Å². The van der Waals surface area contributed by atoms with E-state index in [4.69, 9.17) is 0 Å². The highest BCUT2D eigenvalue weighted by Gasteiger charge is 2.20. The molecule has 1 aliphatic rings. The third-order valence-electron chi connectivity index (χ3n) is 3.02. The molecule has 2 rings (SSSR count). The first kappa shape index (κ1) is 12.3. The molecule has 17 heavy (non-hydrogen) atoms. The molecule has 0 aliphatic heterocycles. The minimum absolute atomic E-state index is 0.156. The molecule has 1 aromatic rings. The number of urea groups is 1. The van der Waals surface area contributed by atoms with Crippen LogP contribution in [0.4, 0.5) is 9.93 Å². The molecule has 1 N–H and O–H groups in total. The Morgan fingerprint density at radius 3 is 2.65 bits per heavy atom. The van der Waals surface area contributed by atoms with E-state index in [0.29, 0.717) is 11.0 Å². The number of hydrogen-bond acceptors (Lipinski definition) is 4. The Morgan fingerprint density at radius 2 is 2.00 bits per heavy atom. The molecule has 1 aromatic heterocycles. The quantitative estimate of drug-likeness (QED) is 0.882. The molecule has 0 spiro atoms. The summed E-state index contributed by atoms with van der Waals surface area (Å²) in [6, 6.07) is -0.156. The number of nitrogens with one attached hydrogen (secondary N) is 1. The lowest BCUT2D eigenvalue weighted by atomic mass is 9.90. The lowest BCUT2D eigenvalue weighted by Crippen LogP contribution is -2.27. The Kier molecular flexibility index (Phi) is 3.93. The van der Waals surface area contributed by atoms with Gasteiger partial charge in [-0.15, -0.1) is 10.2 Å². The zero-order valence-electron chi connectivity index (χ0n) is 10.3. The van der Waals surface area contributed by atoms with Crippen LogP contribution in [0.2, 0.25) is 0 Å². The van der Waals surface area contributed by atoms with Crippen LogP contribution in [0.15, 0.2) is 0 Å². The second-order valence-electron chi connectivity index (χ2n) is 4.60. The smallest absolute Gasteiger partial charge is 0.323 e. The Morgan fingerprint density at radius 1 is 1.29 bits per heavy atom. The van der Waals surface area contributed by atoms with Gasteiger partial charge in [-0.1, -0.05) is 30.6 Å². The molecule has 1 fully saturated rings. The van der Waals surface area contributed by atoms with Gasteiger partial charge in [-0.05, 0) is 12.8 Å². The normalized spacial score (nSPS) is 16.8. The van der Waals surface area contributed by atoms with Crippen molar-refractivity contribution in [3.63, 3.8) is 0 Å². The van der Waals surface area contributed by atoms with Crippen LogP contribution in [0, 0.1) is 0 Å². The van der Waals surface area contributed by atoms with Gasteiger partial charge in [0.1, 0.15) is 5.01 Å². The van der Waals surface area contributed by atoms with E-state index in [-0.39, 0.29) is 6.03 Å². The highest BCUT2D eigenvalue weighted by Crippen LogP contribution is 2.35. The molecule has 0 radical (unpaired) electrons. The van der Waals surface area contributed by atoms with Crippen molar-refractivity contribution in [2.75, 3.05) is 19.4 Å². The average molecular weight is 254 g/mol. The zero-order valence-corrected chi connectivity index (χ0v) is 11.1. The number of carbonyl (C=O) groups is 1. The summed E-state index contributed by atoms with van der Waals surface area (Å²) in [5.41, 5.74) is 0. The molecule has 1 saturated carbocycles. The van der Waals surface area contributed by atoms with E-state index in [1.54, 1.807) is 14.1 Å². The summed E-state index contributed by atoms with van der Waals surface area (Å²) >= 11 is 1.50. The Bertz CT molecular complexity index is 385. The van der Waals surface area contributed by atoms with Crippen LogP contribution in [-0.2, 0) is 0 Å². The molecule has 1 aliphatic carbocycles. The lowest BCUT2D eigenvalue weighted by Gasteiger charge is -2.18. The Balaban J connectivity index is 1.97. The number of carbonyl (C=O) groups excluding carboxylic acids is 1. The maximum Gasteiger partial charge on any atom is 0.323 e. The SMILES string of the molecule is CN(C)C(=O)Nc1nnc(C2CCCCC2)s1. The van der Waals surface area contributed by atoms with E-state index in [2.05, 4.69) is 15.5 Å². The van der Waals surface area contributed by atoms with E-state index in [9.17, 15) is 4.79 Å². The van der Waals surface area contributed by atoms with Crippen LogP contribution in [0.25, 0.3) is 0 Å². The fourth-order valence-corrected chi connectivity index (χ4v) is 2.90. The molecule has 6 heteroatoms. The first-order valence-corrected chi connectivity index (χ1v) is 6.80. The van der Waals surface area contributed by atoms with Gasteiger partial charge in [0.05, 0.1) is 0 Å². The summed E-state index contributed by atoms with van der Waals surface area (Å²) in [6.07, 6.45) is 6.30. The first-order chi connectivity index (χ1) is 8.16. The molecule has 0 saturated heterocycles. The summed E-state index contributed by atoms with van der Waals surface area (Å²) in [7, 11) is 3.41. The Labute approximate surface area is 105 Å². The van der Waals surface area contributed by atoms with Crippen LogP contribution in [0.5, 0.6) is 0 Å². The summed E-state index contributed by atoms with van der Waals surface area (Å²) in [4.78, 5) is 12.9. The third-order valence-corrected chi connectivity index (χ3v) is 4.02. The summed E-state index contributed by atoms with van der Waals surface area (Å²) in [6.45, 7) is 0. The minimum atomic E-state index is -0.156. The predicted molar refractivity (Wildman–Crippen MR) is 68.4 cm³/mol. The standard InChI is InChI=1S/C11H18N4OS/c1-15(2)11(16)12-10-14-13-9(17-10)8-6-4-3-5-7-8/h8H,3-7H2,1-2H3,(H,12,14,16). The fourth-order valence-electron chi connectivity index (χ4n) is 2.00. The van der Waals surface area contributed by atoms with Crippen molar-refractivity contribution < 1.29 is 4.79 Å². The van der Waals surface area contributed by atoms with E-state index in [0.717, 1.165) is 5.01 Å². The van der Waals surface area contributed by atoms with Gasteiger partial charge in [0.25, 0.3) is 0 Å². The summed E-state index contributed by atoms with van der Waals surface area (Å²) in [5, 5.41) is 12.6. The van der Waals surface area contributed by atoms with Crippen molar-refractivity contribution in [3.8, 4) is 0 Å². The molecule has 0 bridgehead atoms. The van der Waals surface area contributed by atoms with E-state index < -0.39 is 0 Å². The molecule has 0 unspecified atom stereocenters. The number of rotatable bonds is 2. The number of hydrogen-bond donors (Lipinski definition) is 1. The topological polar surface area (TPSA) is 58.1 Å². The third kappa shape index (κ3) is 3.15. The van der Waals surface area contributed by atoms with Crippen molar-refractivity contribution in [2.45, 2.75) is 38.0 Å². The van der Waals surface area contributed by atoms with Crippen LogP contribution in [0.3, 0.4) is 0 Å². The van der Waals surface area contributed by atoms with Gasteiger partial charge in [-0.2, -0.15) is 0 Å². The van der Waals surface area contributed by atoms with Crippen molar-refractivity contribution in [3.05, 3.63) is 5.01 Å². The van der Waals surface area contributed by atoms with Crippen molar-refractivity contribution in [1.82, 2.24) is 15.1 Å². The monoisotopic (exact) mass is 254 g/mol. The second kappa shape index (κ2) is 5.44. The van der Waals surface area contributed by atoms with Gasteiger partial charge in [0.2, 0.25) is 5.13 Å². The highest BCUT2D eigenvalue weighted by atomic mass is 32.1. The van der Waals surface area contributed by atoms with Gasteiger partial charge < -0.3 is 4.90 Å². The van der Waals surface area contributed by atoms with Crippen molar-refractivity contribution >= 4 is 22.5 Å². The van der Waals surface area contributed by atoms with Gasteiger partial charge in [0.15, 0.2) is 0 Å². The van der Waals surface area contributed by atoms with E-state index in [1.165, 1.54) is 48.3 Å². The number of anilines is 1. The van der Waals surface area contributed by atoms with Crippen molar-refractivity contribution in [2.24, 2.45) is 0 Å². The molecule has 2 amide bonds. The molecule has 0 aromatic carbocycles. The molecule has 0 atom stereocenters. The predicted octanol–water partition coefficient (Wildman–Crippen LogP) is 2.68. The van der Waals surface area contributed by atoms with E-state index in [1.807, 2.05) is 0 Å². The van der Waals surface area contributed by atoms with Crippen LogP contribution in [-0.4, -0.2) is 35.2 Å².